The van der Waals surface area contributed by atoms with Crippen LogP contribution in [-0.2, 0) is 18.4 Å². The van der Waals surface area contributed by atoms with Crippen molar-refractivity contribution >= 4 is 33.9 Å². The number of aryl methyl sites for hydroxylation is 2. The summed E-state index contributed by atoms with van der Waals surface area (Å²) in [5.41, 5.74) is 3.60. The number of ether oxygens (including phenoxy) is 1. The Morgan fingerprint density at radius 1 is 1.11 bits per heavy atom. The molecule has 5 heterocycles. The minimum atomic E-state index is -2.87. The highest BCUT2D eigenvalue weighted by atomic mass is 19.3. The average Bonchev–Trinajstić information content (AvgIpc) is 3.53. The molecule has 246 valence electrons. The van der Waals surface area contributed by atoms with Crippen LogP contribution >= 0.6 is 0 Å². The maximum atomic E-state index is 13.9. The SMILES string of the molecule is COc1cc(C(=O)N[C@H]2CNCC(F)(F)C2)cc2nc(-c3cc4ccc5nc4n3CCCCCCC(C)(C)C(=O)N[C@@H]5C)n(C)c12. The Kier molecular flexibility index (Phi) is 8.51. The summed E-state index contributed by atoms with van der Waals surface area (Å²) in [6, 6.07) is 8.43. The van der Waals surface area contributed by atoms with Gasteiger partial charge in [0.05, 0.1) is 36.6 Å². The number of carbonyl (C=O) groups is 2. The maximum Gasteiger partial charge on any atom is 0.262 e. The second-order valence-corrected chi connectivity index (χ2v) is 13.5. The van der Waals surface area contributed by atoms with Crippen molar-refractivity contribution in [1.29, 1.82) is 0 Å². The van der Waals surface area contributed by atoms with Gasteiger partial charge in [0.1, 0.15) is 16.9 Å². The molecule has 0 radical (unpaired) electrons. The summed E-state index contributed by atoms with van der Waals surface area (Å²) in [5, 5.41) is 9.57. The molecule has 10 nitrogen and oxygen atoms in total. The van der Waals surface area contributed by atoms with Crippen molar-refractivity contribution in [3.63, 3.8) is 0 Å². The number of fused-ring (bicyclic) bond motifs is 2. The average molecular weight is 636 g/mol. The van der Waals surface area contributed by atoms with Crippen LogP contribution in [0.15, 0.2) is 30.3 Å². The Bertz CT molecular complexity index is 1790. The van der Waals surface area contributed by atoms with Gasteiger partial charge in [-0.25, -0.2) is 18.7 Å². The molecule has 0 aliphatic carbocycles. The molecule has 4 aromatic rings. The lowest BCUT2D eigenvalue weighted by atomic mass is 9.85. The van der Waals surface area contributed by atoms with Crippen LogP contribution in [0.2, 0.25) is 0 Å². The number of benzene rings is 1. The van der Waals surface area contributed by atoms with Gasteiger partial charge in [-0.2, -0.15) is 0 Å². The Morgan fingerprint density at radius 3 is 2.65 bits per heavy atom. The maximum absolute atomic E-state index is 13.9. The number of rotatable bonds is 4. The number of pyridine rings is 1. The zero-order chi connectivity index (χ0) is 32.8. The van der Waals surface area contributed by atoms with E-state index in [-0.39, 0.29) is 24.1 Å². The third-order valence-corrected chi connectivity index (χ3v) is 9.41. The van der Waals surface area contributed by atoms with Gasteiger partial charge in [-0.05, 0) is 50.1 Å². The molecule has 3 aromatic heterocycles. The van der Waals surface area contributed by atoms with Crippen LogP contribution in [0.1, 0.15) is 81.4 Å². The Balaban J connectivity index is 1.39. The number of imidazole rings is 1. The lowest BCUT2D eigenvalue weighted by molar-refractivity contribution is -0.130. The molecule has 6 rings (SSSR count). The molecule has 0 unspecified atom stereocenters. The quantitative estimate of drug-likeness (QED) is 0.273. The number of hydrogen-bond acceptors (Lipinski definition) is 6. The van der Waals surface area contributed by atoms with E-state index in [0.29, 0.717) is 22.6 Å². The van der Waals surface area contributed by atoms with Crippen LogP contribution in [-0.4, -0.2) is 63.1 Å². The van der Waals surface area contributed by atoms with Crippen molar-refractivity contribution in [3.8, 4) is 17.3 Å². The van der Waals surface area contributed by atoms with E-state index in [1.54, 1.807) is 12.1 Å². The van der Waals surface area contributed by atoms with E-state index < -0.39 is 36.3 Å². The number of piperidine rings is 1. The van der Waals surface area contributed by atoms with E-state index in [9.17, 15) is 18.4 Å². The summed E-state index contributed by atoms with van der Waals surface area (Å²) in [4.78, 5) is 36.4. The molecule has 1 saturated heterocycles. The third-order valence-electron chi connectivity index (χ3n) is 9.41. The topological polar surface area (TPSA) is 115 Å². The molecule has 1 fully saturated rings. The summed E-state index contributed by atoms with van der Waals surface area (Å²) >= 11 is 0. The van der Waals surface area contributed by atoms with Crippen molar-refractivity contribution in [2.24, 2.45) is 12.5 Å². The van der Waals surface area contributed by atoms with Gasteiger partial charge >= 0.3 is 0 Å². The molecule has 0 spiro atoms. The molecule has 46 heavy (non-hydrogen) atoms. The first kappa shape index (κ1) is 31.9. The standard InChI is InChI=1S/C34H43F2N7O3/c1-20-24-11-10-21-15-26(43(29(21)40-24)13-9-7-6-8-12-33(2,3)32(45)38-20)30-41-25-14-22(16-27(46-5)28(25)42(30)4)31(44)39-23-17-34(35,36)19-37-18-23/h10-11,14-16,20,23,37H,6-9,12-13,17-19H2,1-5H3,(H,38,45)(H,39,44)/t20-,23-/m1/s1. The molecule has 3 N–H and O–H groups in total. The third kappa shape index (κ3) is 6.19. The summed E-state index contributed by atoms with van der Waals surface area (Å²) in [5.74, 6) is -2.16. The fourth-order valence-corrected chi connectivity index (χ4v) is 6.70. The van der Waals surface area contributed by atoms with Crippen LogP contribution in [0, 0.1) is 5.41 Å². The van der Waals surface area contributed by atoms with E-state index in [0.717, 1.165) is 61.1 Å². The number of amides is 2. The van der Waals surface area contributed by atoms with Gasteiger partial charge in [-0.1, -0.05) is 33.1 Å². The molecule has 2 bridgehead atoms. The molecular weight excluding hydrogens is 592 g/mol. The highest BCUT2D eigenvalue weighted by Gasteiger charge is 2.37. The molecule has 2 aliphatic heterocycles. The highest BCUT2D eigenvalue weighted by molar-refractivity contribution is 6.00. The van der Waals surface area contributed by atoms with E-state index in [2.05, 4.69) is 26.6 Å². The fraction of sp³-hybridized carbons (Fsp3) is 0.529. The van der Waals surface area contributed by atoms with Gasteiger partial charge in [0.15, 0.2) is 5.82 Å². The summed E-state index contributed by atoms with van der Waals surface area (Å²) in [6.45, 7) is 6.60. The molecule has 0 saturated carbocycles. The first-order valence-electron chi connectivity index (χ1n) is 16.1. The van der Waals surface area contributed by atoms with Gasteiger partial charge in [0.2, 0.25) is 5.91 Å². The van der Waals surface area contributed by atoms with E-state index in [1.165, 1.54) is 7.11 Å². The lowest BCUT2D eigenvalue weighted by Crippen LogP contribution is -2.53. The van der Waals surface area contributed by atoms with E-state index >= 15 is 0 Å². The molecular formula is C34H43F2N7O3. The summed E-state index contributed by atoms with van der Waals surface area (Å²) in [7, 11) is 3.45. The number of halogens is 2. The van der Waals surface area contributed by atoms with Gasteiger partial charge in [0, 0.05) is 49.0 Å². The van der Waals surface area contributed by atoms with Crippen LogP contribution in [0.5, 0.6) is 5.75 Å². The highest BCUT2D eigenvalue weighted by Crippen LogP contribution is 2.35. The van der Waals surface area contributed by atoms with Gasteiger partial charge in [-0.3, -0.25) is 9.59 Å². The summed E-state index contributed by atoms with van der Waals surface area (Å²) < 4.78 is 37.8. The molecule has 12 heteroatoms. The first-order valence-corrected chi connectivity index (χ1v) is 16.1. The number of alkyl halides is 2. The zero-order valence-electron chi connectivity index (χ0n) is 27.2. The van der Waals surface area contributed by atoms with Gasteiger partial charge in [-0.15, -0.1) is 0 Å². The van der Waals surface area contributed by atoms with Gasteiger partial charge in [0.25, 0.3) is 11.8 Å². The number of hydrogen-bond donors (Lipinski definition) is 3. The van der Waals surface area contributed by atoms with Crippen LogP contribution < -0.4 is 20.7 Å². The number of nitrogens with zero attached hydrogens (tertiary/aromatic N) is 4. The van der Waals surface area contributed by atoms with E-state index in [4.69, 9.17) is 14.7 Å². The van der Waals surface area contributed by atoms with Crippen molar-refractivity contribution in [3.05, 3.63) is 41.6 Å². The molecule has 1 aromatic carbocycles. The van der Waals surface area contributed by atoms with Crippen molar-refractivity contribution in [2.75, 3.05) is 20.2 Å². The van der Waals surface area contributed by atoms with Crippen LogP contribution in [0.25, 0.3) is 33.6 Å². The fourth-order valence-electron chi connectivity index (χ4n) is 6.70. The normalized spacial score (nSPS) is 22.0. The second kappa shape index (κ2) is 12.3. The summed E-state index contributed by atoms with van der Waals surface area (Å²) in [6.07, 6.45) is 4.38. The van der Waals surface area contributed by atoms with E-state index in [1.807, 2.05) is 44.5 Å². The number of carbonyl (C=O) groups excluding carboxylic acids is 2. The lowest BCUT2D eigenvalue weighted by Gasteiger charge is -2.30. The minimum Gasteiger partial charge on any atom is -0.494 e. The zero-order valence-corrected chi connectivity index (χ0v) is 27.2. The van der Waals surface area contributed by atoms with Gasteiger partial charge < -0.3 is 29.8 Å². The molecule has 2 atom stereocenters. The van der Waals surface area contributed by atoms with Crippen LogP contribution in [0.4, 0.5) is 8.78 Å². The molecule has 2 amide bonds. The Hall–Kier alpha value is -4.06. The second-order valence-electron chi connectivity index (χ2n) is 13.5. The largest absolute Gasteiger partial charge is 0.494 e. The van der Waals surface area contributed by atoms with Crippen molar-refractivity contribution < 1.29 is 23.1 Å². The number of aromatic nitrogens is 4. The van der Waals surface area contributed by atoms with Crippen molar-refractivity contribution in [1.82, 2.24) is 35.1 Å². The Labute approximate surface area is 267 Å². The first-order chi connectivity index (χ1) is 21.9. The number of nitrogens with one attached hydrogen (secondary N) is 3. The predicted octanol–water partition coefficient (Wildman–Crippen LogP) is 5.49. The van der Waals surface area contributed by atoms with Crippen LogP contribution in [0.3, 0.4) is 0 Å². The predicted molar refractivity (Wildman–Crippen MR) is 173 cm³/mol. The molecule has 2 aliphatic rings. The Morgan fingerprint density at radius 2 is 1.89 bits per heavy atom. The van der Waals surface area contributed by atoms with Crippen molar-refractivity contribution in [2.45, 2.75) is 83.8 Å². The number of methoxy groups -OCH3 is 1. The monoisotopic (exact) mass is 635 g/mol. The minimum absolute atomic E-state index is 0.0325. The smallest absolute Gasteiger partial charge is 0.262 e.